The van der Waals surface area contributed by atoms with Gasteiger partial charge in [0.25, 0.3) is 0 Å². The van der Waals surface area contributed by atoms with Crippen molar-refractivity contribution >= 4 is 11.7 Å². The van der Waals surface area contributed by atoms with E-state index in [9.17, 15) is 18.0 Å². The molecule has 0 aliphatic heterocycles. The molecular weight excluding hydrogens is 283 g/mol. The van der Waals surface area contributed by atoms with E-state index < -0.39 is 35.0 Å². The molecule has 0 aliphatic rings. The molecule has 0 aromatic heterocycles. The monoisotopic (exact) mass is 295 g/mol. The van der Waals surface area contributed by atoms with Crippen LogP contribution < -0.4 is 5.32 Å². The van der Waals surface area contributed by atoms with Crippen LogP contribution in [0.1, 0.15) is 28.9 Å². The molecule has 110 valence electrons. The fourth-order valence-electron chi connectivity index (χ4n) is 1.96. The van der Waals surface area contributed by atoms with E-state index in [0.29, 0.717) is 5.69 Å². The zero-order chi connectivity index (χ0) is 15.6. The summed E-state index contributed by atoms with van der Waals surface area (Å²) in [6.07, 6.45) is 0. The first-order valence-corrected chi connectivity index (χ1v) is 6.13. The molecule has 0 saturated carbocycles. The van der Waals surface area contributed by atoms with Gasteiger partial charge in [0.2, 0.25) is 0 Å². The fraction of sp³-hybridized carbons (Fsp3) is 0.133. The largest absolute Gasteiger partial charge is 0.478 e. The summed E-state index contributed by atoms with van der Waals surface area (Å²) in [7, 11) is 0. The highest BCUT2D eigenvalue weighted by Crippen LogP contribution is 2.24. The lowest BCUT2D eigenvalue weighted by Gasteiger charge is -2.17. The van der Waals surface area contributed by atoms with Crippen LogP contribution in [0.2, 0.25) is 0 Å². The third-order valence-corrected chi connectivity index (χ3v) is 3.03. The van der Waals surface area contributed by atoms with Gasteiger partial charge in [0, 0.05) is 11.3 Å². The molecule has 0 heterocycles. The second kappa shape index (κ2) is 5.87. The van der Waals surface area contributed by atoms with Crippen LogP contribution in [0, 0.1) is 17.5 Å². The molecular formula is C15H12F3NO2. The minimum absolute atomic E-state index is 0.0937. The maximum absolute atomic E-state index is 13.7. The average Bonchev–Trinajstić information content (AvgIpc) is 2.43. The SMILES string of the molecule is CC(Nc1ccc(F)c(C(=O)O)c1)c1cccc(F)c1F. The van der Waals surface area contributed by atoms with Crippen LogP contribution in [-0.4, -0.2) is 11.1 Å². The Morgan fingerprint density at radius 3 is 2.52 bits per heavy atom. The number of carbonyl (C=O) groups is 1. The molecule has 0 bridgehead atoms. The third-order valence-electron chi connectivity index (χ3n) is 3.03. The van der Waals surface area contributed by atoms with Gasteiger partial charge in [-0.1, -0.05) is 12.1 Å². The smallest absolute Gasteiger partial charge is 0.338 e. The summed E-state index contributed by atoms with van der Waals surface area (Å²) in [6, 6.07) is 6.61. The van der Waals surface area contributed by atoms with Crippen molar-refractivity contribution in [2.24, 2.45) is 0 Å². The van der Waals surface area contributed by atoms with Crippen molar-refractivity contribution in [1.29, 1.82) is 0 Å². The van der Waals surface area contributed by atoms with Gasteiger partial charge >= 0.3 is 5.97 Å². The molecule has 0 fully saturated rings. The van der Waals surface area contributed by atoms with Crippen LogP contribution in [0.4, 0.5) is 18.9 Å². The first-order valence-electron chi connectivity index (χ1n) is 6.13. The molecule has 2 rings (SSSR count). The second-order valence-electron chi connectivity index (χ2n) is 4.51. The van der Waals surface area contributed by atoms with Gasteiger partial charge in [0.05, 0.1) is 11.6 Å². The summed E-state index contributed by atoms with van der Waals surface area (Å²) in [5, 5.41) is 11.7. The van der Waals surface area contributed by atoms with Gasteiger partial charge in [-0.15, -0.1) is 0 Å². The van der Waals surface area contributed by atoms with Crippen LogP contribution >= 0.6 is 0 Å². The minimum atomic E-state index is -1.40. The maximum atomic E-state index is 13.7. The van der Waals surface area contributed by atoms with Gasteiger partial charge in [0.15, 0.2) is 11.6 Å². The number of carboxylic acid groups (broad SMARTS) is 1. The van der Waals surface area contributed by atoms with E-state index in [1.807, 2.05) is 0 Å². The standard InChI is InChI=1S/C15H12F3NO2/c1-8(10-3-2-4-13(17)14(10)18)19-9-5-6-12(16)11(7-9)15(20)21/h2-8,19H,1H3,(H,20,21). The van der Waals surface area contributed by atoms with Crippen LogP contribution in [0.15, 0.2) is 36.4 Å². The Balaban J connectivity index is 2.27. The number of nitrogens with one attached hydrogen (secondary N) is 1. The van der Waals surface area contributed by atoms with Crippen LogP contribution in [0.3, 0.4) is 0 Å². The Labute approximate surface area is 119 Å². The second-order valence-corrected chi connectivity index (χ2v) is 4.51. The van der Waals surface area contributed by atoms with Crippen molar-refractivity contribution in [2.45, 2.75) is 13.0 Å². The summed E-state index contributed by atoms with van der Waals surface area (Å²) in [5.41, 5.74) is -0.104. The molecule has 2 aromatic rings. The summed E-state index contributed by atoms with van der Waals surface area (Å²) in [5.74, 6) is -4.21. The summed E-state index contributed by atoms with van der Waals surface area (Å²) < 4.78 is 40.1. The Morgan fingerprint density at radius 2 is 1.86 bits per heavy atom. The molecule has 2 aromatic carbocycles. The zero-order valence-electron chi connectivity index (χ0n) is 11.0. The van der Waals surface area contributed by atoms with Crippen molar-refractivity contribution in [3.8, 4) is 0 Å². The lowest BCUT2D eigenvalue weighted by atomic mass is 10.1. The predicted molar refractivity (Wildman–Crippen MR) is 71.8 cm³/mol. The van der Waals surface area contributed by atoms with Gasteiger partial charge in [-0.2, -0.15) is 0 Å². The van der Waals surface area contributed by atoms with Gasteiger partial charge in [-0.25, -0.2) is 18.0 Å². The number of anilines is 1. The number of benzene rings is 2. The molecule has 3 nitrogen and oxygen atoms in total. The number of hydrogen-bond acceptors (Lipinski definition) is 2. The molecule has 0 saturated heterocycles. The van der Waals surface area contributed by atoms with Crippen LogP contribution in [-0.2, 0) is 0 Å². The molecule has 1 atom stereocenters. The highest BCUT2D eigenvalue weighted by Gasteiger charge is 2.16. The topological polar surface area (TPSA) is 49.3 Å². The molecule has 21 heavy (non-hydrogen) atoms. The summed E-state index contributed by atoms with van der Waals surface area (Å²) in [4.78, 5) is 10.9. The molecule has 0 radical (unpaired) electrons. The molecule has 6 heteroatoms. The first-order chi connectivity index (χ1) is 9.90. The van der Waals surface area contributed by atoms with Crippen molar-refractivity contribution < 1.29 is 23.1 Å². The minimum Gasteiger partial charge on any atom is -0.478 e. The molecule has 0 aliphatic carbocycles. The van der Waals surface area contributed by atoms with Gasteiger partial charge in [0.1, 0.15) is 5.82 Å². The Morgan fingerprint density at radius 1 is 1.14 bits per heavy atom. The van der Waals surface area contributed by atoms with E-state index in [0.717, 1.165) is 18.2 Å². The average molecular weight is 295 g/mol. The van der Waals surface area contributed by atoms with Crippen molar-refractivity contribution in [3.63, 3.8) is 0 Å². The summed E-state index contributed by atoms with van der Waals surface area (Å²) >= 11 is 0. The Bertz CT molecular complexity index is 689. The van der Waals surface area contributed by atoms with Crippen LogP contribution in [0.5, 0.6) is 0 Å². The molecule has 1 unspecified atom stereocenters. The van der Waals surface area contributed by atoms with E-state index in [1.54, 1.807) is 6.92 Å². The van der Waals surface area contributed by atoms with Crippen molar-refractivity contribution in [3.05, 3.63) is 65.0 Å². The predicted octanol–water partition coefficient (Wildman–Crippen LogP) is 3.98. The summed E-state index contributed by atoms with van der Waals surface area (Å²) in [6.45, 7) is 1.58. The van der Waals surface area contributed by atoms with E-state index in [-0.39, 0.29) is 5.56 Å². The third kappa shape index (κ3) is 3.16. The number of hydrogen-bond donors (Lipinski definition) is 2. The van der Waals surface area contributed by atoms with Crippen molar-refractivity contribution in [1.82, 2.24) is 0 Å². The highest BCUT2D eigenvalue weighted by atomic mass is 19.2. The zero-order valence-corrected chi connectivity index (χ0v) is 11.0. The van der Waals surface area contributed by atoms with Gasteiger partial charge < -0.3 is 10.4 Å². The maximum Gasteiger partial charge on any atom is 0.338 e. The molecule has 0 spiro atoms. The Kier molecular flexibility index (Phi) is 4.16. The number of carboxylic acids is 1. The van der Waals surface area contributed by atoms with Crippen molar-refractivity contribution in [2.75, 3.05) is 5.32 Å². The quantitative estimate of drug-likeness (QED) is 0.897. The molecule has 2 N–H and O–H groups in total. The van der Waals surface area contributed by atoms with Gasteiger partial charge in [-0.3, -0.25) is 0 Å². The van der Waals surface area contributed by atoms with Crippen LogP contribution in [0.25, 0.3) is 0 Å². The Hall–Kier alpha value is -2.50. The lowest BCUT2D eigenvalue weighted by Crippen LogP contribution is -2.10. The van der Waals surface area contributed by atoms with E-state index in [2.05, 4.69) is 5.32 Å². The van der Waals surface area contributed by atoms with E-state index in [1.165, 1.54) is 18.2 Å². The van der Waals surface area contributed by atoms with E-state index >= 15 is 0 Å². The first kappa shape index (κ1) is 14.9. The highest BCUT2D eigenvalue weighted by molar-refractivity contribution is 5.89. The number of halogens is 3. The fourth-order valence-corrected chi connectivity index (χ4v) is 1.96. The number of rotatable bonds is 4. The van der Waals surface area contributed by atoms with Gasteiger partial charge in [-0.05, 0) is 31.2 Å². The normalized spacial score (nSPS) is 12.0. The number of aromatic carboxylic acids is 1. The molecule has 0 amide bonds. The van der Waals surface area contributed by atoms with E-state index in [4.69, 9.17) is 5.11 Å². The lowest BCUT2D eigenvalue weighted by molar-refractivity contribution is 0.0692.